The molecule has 0 unspecified atom stereocenters. The van der Waals surface area contributed by atoms with Gasteiger partial charge in [0, 0.05) is 5.56 Å². The second-order valence-corrected chi connectivity index (χ2v) is 3.64. The summed E-state index contributed by atoms with van der Waals surface area (Å²) in [4.78, 5) is 0. The van der Waals surface area contributed by atoms with Gasteiger partial charge in [0.1, 0.15) is 0 Å². The standard InChI is InChI=1S/C12H9F3N2/c1-8-2-7-11(17-16-8)9-3-5-10(6-4-9)12(13,14)15/h2-7H,1H3. The van der Waals surface area contributed by atoms with Crippen LogP contribution in [-0.4, -0.2) is 10.2 Å². The van der Waals surface area contributed by atoms with Crippen LogP contribution in [0.3, 0.4) is 0 Å². The Balaban J connectivity index is 2.33. The molecule has 2 rings (SSSR count). The summed E-state index contributed by atoms with van der Waals surface area (Å²) in [6, 6.07) is 8.35. The number of hydrogen-bond acceptors (Lipinski definition) is 2. The van der Waals surface area contributed by atoms with Crippen molar-refractivity contribution in [1.82, 2.24) is 10.2 Å². The van der Waals surface area contributed by atoms with E-state index in [4.69, 9.17) is 0 Å². The monoisotopic (exact) mass is 238 g/mol. The summed E-state index contributed by atoms with van der Waals surface area (Å²) in [6.07, 6.45) is -4.31. The summed E-state index contributed by atoms with van der Waals surface area (Å²) in [5.41, 5.74) is 1.27. The second-order valence-electron chi connectivity index (χ2n) is 3.64. The van der Waals surface area contributed by atoms with Gasteiger partial charge in [-0.3, -0.25) is 0 Å². The zero-order valence-electron chi connectivity index (χ0n) is 8.99. The van der Waals surface area contributed by atoms with Crippen molar-refractivity contribution in [1.29, 1.82) is 0 Å². The molecule has 1 heterocycles. The normalized spacial score (nSPS) is 11.5. The van der Waals surface area contributed by atoms with E-state index in [0.29, 0.717) is 11.3 Å². The molecule has 17 heavy (non-hydrogen) atoms. The number of benzene rings is 1. The number of rotatable bonds is 1. The fourth-order valence-electron chi connectivity index (χ4n) is 1.38. The molecule has 88 valence electrons. The van der Waals surface area contributed by atoms with Crippen LogP contribution < -0.4 is 0 Å². The van der Waals surface area contributed by atoms with Crippen molar-refractivity contribution in [2.45, 2.75) is 13.1 Å². The molecule has 0 saturated heterocycles. The first-order chi connectivity index (χ1) is 7.97. The van der Waals surface area contributed by atoms with Crippen LogP contribution in [0.4, 0.5) is 13.2 Å². The zero-order valence-corrected chi connectivity index (χ0v) is 8.99. The molecule has 0 radical (unpaired) electrons. The van der Waals surface area contributed by atoms with E-state index in [1.165, 1.54) is 12.1 Å². The van der Waals surface area contributed by atoms with Crippen molar-refractivity contribution in [3.8, 4) is 11.3 Å². The van der Waals surface area contributed by atoms with Gasteiger partial charge < -0.3 is 0 Å². The zero-order chi connectivity index (χ0) is 12.5. The number of aryl methyl sites for hydroxylation is 1. The predicted molar refractivity (Wildman–Crippen MR) is 57.2 cm³/mol. The quantitative estimate of drug-likeness (QED) is 0.760. The molecule has 0 fully saturated rings. The molecule has 2 aromatic rings. The van der Waals surface area contributed by atoms with Crippen LogP contribution in [0, 0.1) is 6.92 Å². The Bertz CT molecular complexity index is 501. The van der Waals surface area contributed by atoms with Crippen LogP contribution in [0.15, 0.2) is 36.4 Å². The Hall–Kier alpha value is -1.91. The summed E-state index contributed by atoms with van der Waals surface area (Å²) in [7, 11) is 0. The van der Waals surface area contributed by atoms with Crippen LogP contribution in [0.25, 0.3) is 11.3 Å². The second kappa shape index (κ2) is 4.16. The number of halogens is 3. The first-order valence-corrected chi connectivity index (χ1v) is 4.95. The number of nitrogens with zero attached hydrogens (tertiary/aromatic N) is 2. The minimum atomic E-state index is -4.31. The third-order valence-corrected chi connectivity index (χ3v) is 2.31. The van der Waals surface area contributed by atoms with Crippen molar-refractivity contribution in [2.24, 2.45) is 0 Å². The molecule has 0 aliphatic carbocycles. The van der Waals surface area contributed by atoms with Gasteiger partial charge >= 0.3 is 6.18 Å². The SMILES string of the molecule is Cc1ccc(-c2ccc(C(F)(F)F)cc2)nn1. The lowest BCUT2D eigenvalue weighted by atomic mass is 10.1. The molecule has 0 N–H and O–H groups in total. The highest BCUT2D eigenvalue weighted by atomic mass is 19.4. The third-order valence-electron chi connectivity index (χ3n) is 2.31. The van der Waals surface area contributed by atoms with Crippen molar-refractivity contribution in [2.75, 3.05) is 0 Å². The molecule has 0 spiro atoms. The van der Waals surface area contributed by atoms with Gasteiger partial charge in [0.15, 0.2) is 0 Å². The molecule has 0 aliphatic rings. The lowest BCUT2D eigenvalue weighted by molar-refractivity contribution is -0.137. The highest BCUT2D eigenvalue weighted by Gasteiger charge is 2.29. The van der Waals surface area contributed by atoms with E-state index < -0.39 is 11.7 Å². The minimum Gasteiger partial charge on any atom is -0.166 e. The van der Waals surface area contributed by atoms with E-state index >= 15 is 0 Å². The van der Waals surface area contributed by atoms with E-state index in [0.717, 1.165) is 17.8 Å². The Morgan fingerprint density at radius 1 is 0.882 bits per heavy atom. The Morgan fingerprint density at radius 2 is 1.53 bits per heavy atom. The first-order valence-electron chi connectivity index (χ1n) is 4.95. The average Bonchev–Trinajstić information content (AvgIpc) is 2.29. The lowest BCUT2D eigenvalue weighted by Crippen LogP contribution is -2.04. The molecule has 0 amide bonds. The molecule has 1 aromatic carbocycles. The molecular formula is C12H9F3N2. The largest absolute Gasteiger partial charge is 0.416 e. The smallest absolute Gasteiger partial charge is 0.166 e. The highest BCUT2D eigenvalue weighted by molar-refractivity contribution is 5.58. The predicted octanol–water partition coefficient (Wildman–Crippen LogP) is 3.47. The van der Waals surface area contributed by atoms with Crippen LogP contribution in [-0.2, 0) is 6.18 Å². The van der Waals surface area contributed by atoms with Crippen LogP contribution in [0.1, 0.15) is 11.3 Å². The molecule has 0 atom stereocenters. The maximum absolute atomic E-state index is 12.3. The average molecular weight is 238 g/mol. The van der Waals surface area contributed by atoms with Crippen molar-refractivity contribution in [3.63, 3.8) is 0 Å². The molecule has 0 bridgehead atoms. The Kier molecular flexibility index (Phi) is 2.83. The topological polar surface area (TPSA) is 25.8 Å². The number of hydrogen-bond donors (Lipinski definition) is 0. The molecule has 0 saturated carbocycles. The van der Waals surface area contributed by atoms with Gasteiger partial charge in [-0.15, -0.1) is 0 Å². The van der Waals surface area contributed by atoms with E-state index in [2.05, 4.69) is 10.2 Å². The van der Waals surface area contributed by atoms with Gasteiger partial charge in [-0.2, -0.15) is 23.4 Å². The van der Waals surface area contributed by atoms with Gasteiger partial charge in [0.2, 0.25) is 0 Å². The maximum Gasteiger partial charge on any atom is 0.416 e. The van der Waals surface area contributed by atoms with Crippen LogP contribution in [0.5, 0.6) is 0 Å². The summed E-state index contributed by atoms with van der Waals surface area (Å²) in [6.45, 7) is 1.80. The highest BCUT2D eigenvalue weighted by Crippen LogP contribution is 2.30. The van der Waals surface area contributed by atoms with Gasteiger partial charge in [0.25, 0.3) is 0 Å². The van der Waals surface area contributed by atoms with Crippen LogP contribution in [0.2, 0.25) is 0 Å². The summed E-state index contributed by atoms with van der Waals surface area (Å²) in [5.74, 6) is 0. The molecule has 0 aliphatic heterocycles. The van der Waals surface area contributed by atoms with E-state index in [-0.39, 0.29) is 0 Å². The summed E-state index contributed by atoms with van der Waals surface area (Å²) < 4.78 is 37.0. The van der Waals surface area contributed by atoms with E-state index in [1.54, 1.807) is 19.1 Å². The van der Waals surface area contributed by atoms with Crippen molar-refractivity contribution < 1.29 is 13.2 Å². The Labute approximate surface area is 96.1 Å². The van der Waals surface area contributed by atoms with E-state index in [1.807, 2.05) is 0 Å². The van der Waals surface area contributed by atoms with Crippen LogP contribution >= 0.6 is 0 Å². The Morgan fingerprint density at radius 3 is 2.00 bits per heavy atom. The first kappa shape index (κ1) is 11.6. The molecular weight excluding hydrogens is 229 g/mol. The maximum atomic E-state index is 12.3. The number of aromatic nitrogens is 2. The van der Waals surface area contributed by atoms with E-state index in [9.17, 15) is 13.2 Å². The number of alkyl halides is 3. The fraction of sp³-hybridized carbons (Fsp3) is 0.167. The van der Waals surface area contributed by atoms with Gasteiger partial charge in [0.05, 0.1) is 17.0 Å². The van der Waals surface area contributed by atoms with Gasteiger partial charge in [-0.25, -0.2) is 0 Å². The molecule has 5 heteroatoms. The molecule has 1 aromatic heterocycles. The van der Waals surface area contributed by atoms with Crippen molar-refractivity contribution in [3.05, 3.63) is 47.7 Å². The third kappa shape index (κ3) is 2.61. The summed E-state index contributed by atoms with van der Waals surface area (Å²) in [5, 5.41) is 7.76. The minimum absolute atomic E-state index is 0.560. The van der Waals surface area contributed by atoms with Gasteiger partial charge in [-0.1, -0.05) is 12.1 Å². The summed E-state index contributed by atoms with van der Waals surface area (Å²) >= 11 is 0. The van der Waals surface area contributed by atoms with Crippen molar-refractivity contribution >= 4 is 0 Å². The molecule has 2 nitrogen and oxygen atoms in total. The van der Waals surface area contributed by atoms with Gasteiger partial charge in [-0.05, 0) is 31.2 Å². The fourth-order valence-corrected chi connectivity index (χ4v) is 1.38. The lowest BCUT2D eigenvalue weighted by Gasteiger charge is -2.07.